The highest BCUT2D eigenvalue weighted by Crippen LogP contribution is 2.30. The first-order chi connectivity index (χ1) is 14.2. The third-order valence-electron chi connectivity index (χ3n) is 4.28. The number of benzene rings is 2. The van der Waals surface area contributed by atoms with Gasteiger partial charge in [-0.3, -0.25) is 9.59 Å². The number of fused-ring (bicyclic) bond motifs is 1. The molecule has 2 aromatic rings. The van der Waals surface area contributed by atoms with Crippen molar-refractivity contribution in [2.75, 3.05) is 18.5 Å². The van der Waals surface area contributed by atoms with Gasteiger partial charge >= 0.3 is 0 Å². The summed E-state index contributed by atoms with van der Waals surface area (Å²) in [6.07, 6.45) is -0.381. The van der Waals surface area contributed by atoms with Gasteiger partial charge in [-0.15, -0.1) is 0 Å². The molecule has 0 radical (unpaired) electrons. The van der Waals surface area contributed by atoms with Crippen molar-refractivity contribution in [3.63, 3.8) is 0 Å². The van der Waals surface area contributed by atoms with E-state index in [1.54, 1.807) is 12.1 Å². The predicted molar refractivity (Wildman–Crippen MR) is 110 cm³/mol. The molecule has 1 aliphatic heterocycles. The number of sulfonamides is 1. The highest BCUT2D eigenvalue weighted by molar-refractivity contribution is 7.89. The van der Waals surface area contributed by atoms with E-state index >= 15 is 0 Å². The average Bonchev–Trinajstić information content (AvgIpc) is 2.71. The molecule has 30 heavy (non-hydrogen) atoms. The van der Waals surface area contributed by atoms with Crippen LogP contribution in [0.15, 0.2) is 53.4 Å². The fourth-order valence-electron chi connectivity index (χ4n) is 2.81. The summed E-state index contributed by atoms with van der Waals surface area (Å²) in [5, 5.41) is 5.23. The zero-order chi connectivity index (χ0) is 21.7. The number of carbonyl (C=O) groups is 2. The van der Waals surface area contributed by atoms with Crippen molar-refractivity contribution in [3.8, 4) is 11.5 Å². The zero-order valence-corrected chi connectivity index (χ0v) is 17.4. The molecule has 0 aliphatic carbocycles. The summed E-state index contributed by atoms with van der Waals surface area (Å²) in [5.74, 6) is 0.492. The van der Waals surface area contributed by atoms with Crippen LogP contribution in [0.4, 0.5) is 5.69 Å². The van der Waals surface area contributed by atoms with Crippen molar-refractivity contribution in [2.45, 2.75) is 30.9 Å². The predicted octanol–water partition coefficient (Wildman–Crippen LogP) is 1.27. The first kappa shape index (κ1) is 21.6. The van der Waals surface area contributed by atoms with Crippen LogP contribution in [0.2, 0.25) is 0 Å². The van der Waals surface area contributed by atoms with Gasteiger partial charge in [0, 0.05) is 12.6 Å². The van der Waals surface area contributed by atoms with Crippen molar-refractivity contribution in [2.24, 2.45) is 0 Å². The van der Waals surface area contributed by atoms with Crippen LogP contribution in [0, 0.1) is 0 Å². The van der Waals surface area contributed by atoms with Gasteiger partial charge in [0.05, 0.1) is 17.5 Å². The lowest BCUT2D eigenvalue weighted by atomic mass is 10.2. The summed E-state index contributed by atoms with van der Waals surface area (Å²) < 4.78 is 38.7. The number of anilines is 1. The van der Waals surface area contributed by atoms with Gasteiger partial charge in [-0.2, -0.15) is 4.72 Å². The summed E-state index contributed by atoms with van der Waals surface area (Å²) in [6, 6.07) is 11.9. The Kier molecular flexibility index (Phi) is 6.58. The second kappa shape index (κ2) is 9.14. The van der Waals surface area contributed by atoms with Crippen LogP contribution in [0.3, 0.4) is 0 Å². The molecule has 0 unspecified atom stereocenters. The van der Waals surface area contributed by atoms with E-state index in [-0.39, 0.29) is 30.1 Å². The van der Waals surface area contributed by atoms with E-state index in [9.17, 15) is 18.0 Å². The van der Waals surface area contributed by atoms with E-state index in [1.165, 1.54) is 38.1 Å². The number of amides is 2. The lowest BCUT2D eigenvalue weighted by Crippen LogP contribution is -2.48. The van der Waals surface area contributed by atoms with Gasteiger partial charge in [-0.25, -0.2) is 8.42 Å². The minimum Gasteiger partial charge on any atom is -0.486 e. The summed E-state index contributed by atoms with van der Waals surface area (Å²) in [6.45, 7) is 3.25. The standard InChI is InChI=1S/C20H23N3O6S/c1-13(23-30(26,27)17-9-7-15(8-10-17)22-14(2)24)20(25)21-11-16-12-28-18-5-3-4-6-19(18)29-16/h3-10,13,16,23H,11-12H2,1-2H3,(H,21,25)(H,22,24)/t13-,16+/m1/s1. The molecular formula is C20H23N3O6S. The monoisotopic (exact) mass is 433 g/mol. The molecule has 2 amide bonds. The molecule has 0 aromatic heterocycles. The lowest BCUT2D eigenvalue weighted by molar-refractivity contribution is -0.122. The highest BCUT2D eigenvalue weighted by Gasteiger charge is 2.25. The van der Waals surface area contributed by atoms with E-state index in [0.29, 0.717) is 17.2 Å². The zero-order valence-electron chi connectivity index (χ0n) is 16.5. The fourth-order valence-corrected chi connectivity index (χ4v) is 4.01. The maximum atomic E-state index is 12.5. The van der Waals surface area contributed by atoms with Gasteiger partial charge in [-0.1, -0.05) is 12.1 Å². The Hall–Kier alpha value is -3.11. The number of rotatable bonds is 7. The third-order valence-corrected chi connectivity index (χ3v) is 5.84. The number of hydrogen-bond donors (Lipinski definition) is 3. The minimum atomic E-state index is -3.91. The number of ether oxygens (including phenoxy) is 2. The third kappa shape index (κ3) is 5.49. The van der Waals surface area contributed by atoms with Crippen LogP contribution in [0.1, 0.15) is 13.8 Å². The Morgan fingerprint density at radius 1 is 1.10 bits per heavy atom. The number of nitrogens with one attached hydrogen (secondary N) is 3. The molecule has 1 heterocycles. The van der Waals surface area contributed by atoms with Crippen molar-refractivity contribution >= 4 is 27.5 Å². The van der Waals surface area contributed by atoms with Crippen LogP contribution >= 0.6 is 0 Å². The van der Waals surface area contributed by atoms with Gasteiger partial charge in [0.2, 0.25) is 21.8 Å². The smallest absolute Gasteiger partial charge is 0.241 e. The van der Waals surface area contributed by atoms with Crippen LogP contribution in [-0.2, 0) is 19.6 Å². The van der Waals surface area contributed by atoms with Gasteiger partial charge in [-0.05, 0) is 43.3 Å². The molecule has 1 aliphatic rings. The maximum Gasteiger partial charge on any atom is 0.241 e. The molecule has 0 saturated heterocycles. The van der Waals surface area contributed by atoms with Gasteiger partial charge < -0.3 is 20.1 Å². The Balaban J connectivity index is 1.52. The average molecular weight is 433 g/mol. The van der Waals surface area contributed by atoms with Crippen LogP contribution in [0.5, 0.6) is 11.5 Å². The fraction of sp³-hybridized carbons (Fsp3) is 0.300. The number of hydrogen-bond acceptors (Lipinski definition) is 6. The summed E-state index contributed by atoms with van der Waals surface area (Å²) in [5.41, 5.74) is 0.475. The molecule has 160 valence electrons. The Bertz CT molecular complexity index is 1020. The molecule has 0 fully saturated rings. The summed E-state index contributed by atoms with van der Waals surface area (Å²) in [7, 11) is -3.91. The highest BCUT2D eigenvalue weighted by atomic mass is 32.2. The second-order valence-corrected chi connectivity index (χ2v) is 8.51. The minimum absolute atomic E-state index is 0.0168. The van der Waals surface area contributed by atoms with Crippen molar-refractivity contribution in [3.05, 3.63) is 48.5 Å². The van der Waals surface area contributed by atoms with E-state index in [1.807, 2.05) is 12.1 Å². The summed E-state index contributed by atoms with van der Waals surface area (Å²) in [4.78, 5) is 23.4. The van der Waals surface area contributed by atoms with Crippen LogP contribution in [0.25, 0.3) is 0 Å². The molecule has 3 rings (SSSR count). The van der Waals surface area contributed by atoms with Crippen LogP contribution in [-0.4, -0.2) is 45.5 Å². The van der Waals surface area contributed by atoms with E-state index in [2.05, 4.69) is 15.4 Å². The Morgan fingerprint density at radius 2 is 1.77 bits per heavy atom. The topological polar surface area (TPSA) is 123 Å². The second-order valence-electron chi connectivity index (χ2n) is 6.79. The molecule has 10 heteroatoms. The molecule has 9 nitrogen and oxygen atoms in total. The molecule has 2 atom stereocenters. The molecule has 0 saturated carbocycles. The quantitative estimate of drug-likeness (QED) is 0.604. The Labute approximate surface area is 174 Å². The Morgan fingerprint density at radius 3 is 2.43 bits per heavy atom. The summed E-state index contributed by atoms with van der Waals surface area (Å²) >= 11 is 0. The number of para-hydroxylation sites is 2. The van der Waals surface area contributed by atoms with E-state index < -0.39 is 22.0 Å². The van der Waals surface area contributed by atoms with E-state index in [0.717, 1.165) is 0 Å². The molecule has 3 N–H and O–H groups in total. The van der Waals surface area contributed by atoms with Gasteiger partial charge in [0.15, 0.2) is 11.5 Å². The van der Waals surface area contributed by atoms with Gasteiger partial charge in [0.1, 0.15) is 12.7 Å². The molecule has 0 spiro atoms. The molecule has 2 aromatic carbocycles. The lowest BCUT2D eigenvalue weighted by Gasteiger charge is -2.27. The maximum absolute atomic E-state index is 12.5. The van der Waals surface area contributed by atoms with Crippen molar-refractivity contribution in [1.82, 2.24) is 10.0 Å². The van der Waals surface area contributed by atoms with Crippen LogP contribution < -0.4 is 24.8 Å². The first-order valence-corrected chi connectivity index (χ1v) is 10.8. The molecular weight excluding hydrogens is 410 g/mol. The number of carbonyl (C=O) groups excluding carboxylic acids is 2. The first-order valence-electron chi connectivity index (χ1n) is 9.31. The van der Waals surface area contributed by atoms with Crippen molar-refractivity contribution < 1.29 is 27.5 Å². The largest absolute Gasteiger partial charge is 0.486 e. The molecule has 0 bridgehead atoms. The van der Waals surface area contributed by atoms with E-state index in [4.69, 9.17) is 9.47 Å². The SMILES string of the molecule is CC(=O)Nc1ccc(S(=O)(=O)N[C@H](C)C(=O)NC[C@H]2COc3ccccc3O2)cc1. The normalized spacial score (nSPS) is 16.4. The van der Waals surface area contributed by atoms with Gasteiger partial charge in [0.25, 0.3) is 0 Å². The van der Waals surface area contributed by atoms with Crippen molar-refractivity contribution in [1.29, 1.82) is 0 Å².